The highest BCUT2D eigenvalue weighted by atomic mass is 16.5. The van der Waals surface area contributed by atoms with Gasteiger partial charge in [0, 0.05) is 49.1 Å². The third-order valence-corrected chi connectivity index (χ3v) is 5.73. The number of ether oxygens (including phenoxy) is 2. The van der Waals surface area contributed by atoms with Gasteiger partial charge in [0.1, 0.15) is 11.5 Å². The molecule has 1 aliphatic rings. The van der Waals surface area contributed by atoms with E-state index in [1.54, 1.807) is 19.5 Å². The fraction of sp³-hybridized carbons (Fsp3) is 0.208. The molecule has 1 fully saturated rings. The summed E-state index contributed by atoms with van der Waals surface area (Å²) >= 11 is 0. The highest BCUT2D eigenvalue weighted by Gasteiger charge is 2.27. The van der Waals surface area contributed by atoms with Crippen LogP contribution in [-0.4, -0.2) is 45.9 Å². The van der Waals surface area contributed by atoms with Gasteiger partial charge in [0.2, 0.25) is 12.3 Å². The summed E-state index contributed by atoms with van der Waals surface area (Å²) in [4.78, 5) is 21.6. The minimum atomic E-state index is 0.300. The van der Waals surface area contributed by atoms with E-state index in [2.05, 4.69) is 20.4 Å². The molecule has 1 saturated heterocycles. The number of amides is 1. The number of hydrogen-bond donors (Lipinski definition) is 0. The standard InChI is InChI=1S/C24H22N4O3/c1-30-23-12-18(31-24-4-2-3-9-26-24)5-6-19(23)22-13-20(17-8-11-27(14-17)16-29)21-7-10-25-15-28(21)22/h2-7,9-10,12-13,15-17H,8,11,14H2,1H3. The van der Waals surface area contributed by atoms with Crippen LogP contribution in [0.15, 0.2) is 67.3 Å². The van der Waals surface area contributed by atoms with Gasteiger partial charge in [-0.15, -0.1) is 0 Å². The van der Waals surface area contributed by atoms with Crippen molar-refractivity contribution in [1.82, 2.24) is 19.3 Å². The molecule has 1 amide bonds. The molecule has 1 aromatic carbocycles. The van der Waals surface area contributed by atoms with Crippen LogP contribution in [0.1, 0.15) is 17.9 Å². The summed E-state index contributed by atoms with van der Waals surface area (Å²) in [5.41, 5.74) is 4.25. The fourth-order valence-corrected chi connectivity index (χ4v) is 4.23. The van der Waals surface area contributed by atoms with E-state index in [4.69, 9.17) is 9.47 Å². The zero-order valence-electron chi connectivity index (χ0n) is 17.1. The van der Waals surface area contributed by atoms with Crippen LogP contribution in [-0.2, 0) is 4.79 Å². The molecule has 7 nitrogen and oxygen atoms in total. The van der Waals surface area contributed by atoms with E-state index < -0.39 is 0 Å². The Kier molecular flexibility index (Phi) is 5.00. The molecule has 0 bridgehead atoms. The molecule has 0 aliphatic carbocycles. The minimum absolute atomic E-state index is 0.300. The molecular formula is C24H22N4O3. The van der Waals surface area contributed by atoms with Crippen molar-refractivity contribution in [1.29, 1.82) is 0 Å². The summed E-state index contributed by atoms with van der Waals surface area (Å²) in [5, 5.41) is 0. The normalized spacial score (nSPS) is 15.9. The van der Waals surface area contributed by atoms with E-state index >= 15 is 0 Å². The lowest BCUT2D eigenvalue weighted by Crippen LogP contribution is -2.17. The van der Waals surface area contributed by atoms with Gasteiger partial charge in [0.05, 0.1) is 24.6 Å². The average molecular weight is 414 g/mol. The van der Waals surface area contributed by atoms with Crippen molar-refractivity contribution in [2.24, 2.45) is 0 Å². The maximum absolute atomic E-state index is 11.2. The number of carbonyl (C=O) groups is 1. The molecule has 4 heterocycles. The van der Waals surface area contributed by atoms with Gasteiger partial charge in [-0.05, 0) is 42.3 Å². The topological polar surface area (TPSA) is 69.0 Å². The monoisotopic (exact) mass is 414 g/mol. The predicted octanol–water partition coefficient (Wildman–Crippen LogP) is 4.14. The van der Waals surface area contributed by atoms with Crippen molar-refractivity contribution in [3.63, 3.8) is 0 Å². The summed E-state index contributed by atoms with van der Waals surface area (Å²) in [5.74, 6) is 2.17. The van der Waals surface area contributed by atoms with E-state index in [0.29, 0.717) is 23.3 Å². The number of nitrogens with zero attached hydrogens (tertiary/aromatic N) is 4. The van der Waals surface area contributed by atoms with Crippen LogP contribution in [0.5, 0.6) is 17.4 Å². The molecule has 5 rings (SSSR count). The van der Waals surface area contributed by atoms with E-state index in [9.17, 15) is 4.79 Å². The molecule has 0 spiro atoms. The van der Waals surface area contributed by atoms with E-state index in [0.717, 1.165) is 42.7 Å². The minimum Gasteiger partial charge on any atom is -0.496 e. The Morgan fingerprint density at radius 1 is 1.13 bits per heavy atom. The van der Waals surface area contributed by atoms with Gasteiger partial charge in [0.15, 0.2) is 0 Å². The molecular weight excluding hydrogens is 392 g/mol. The van der Waals surface area contributed by atoms with Crippen LogP contribution < -0.4 is 9.47 Å². The number of hydrogen-bond acceptors (Lipinski definition) is 5. The third kappa shape index (κ3) is 3.59. The number of likely N-dealkylation sites (tertiary alicyclic amines) is 1. The van der Waals surface area contributed by atoms with Gasteiger partial charge in [0.25, 0.3) is 0 Å². The molecule has 4 aromatic rings. The lowest BCUT2D eigenvalue weighted by molar-refractivity contribution is -0.117. The van der Waals surface area contributed by atoms with Crippen molar-refractivity contribution >= 4 is 11.9 Å². The molecule has 1 unspecified atom stereocenters. The Morgan fingerprint density at radius 3 is 2.84 bits per heavy atom. The highest BCUT2D eigenvalue weighted by Crippen LogP contribution is 2.39. The number of carbonyl (C=O) groups excluding carboxylic acids is 1. The Labute approximate surface area is 179 Å². The number of fused-ring (bicyclic) bond motifs is 1. The first-order valence-corrected chi connectivity index (χ1v) is 10.2. The molecule has 0 saturated carbocycles. The second-order valence-electron chi connectivity index (χ2n) is 7.54. The van der Waals surface area contributed by atoms with E-state index in [1.165, 1.54) is 5.56 Å². The Morgan fingerprint density at radius 2 is 2.06 bits per heavy atom. The zero-order chi connectivity index (χ0) is 21.2. The highest BCUT2D eigenvalue weighted by molar-refractivity contribution is 5.76. The lowest BCUT2D eigenvalue weighted by Gasteiger charge is -2.11. The van der Waals surface area contributed by atoms with Crippen molar-refractivity contribution < 1.29 is 14.3 Å². The van der Waals surface area contributed by atoms with Gasteiger partial charge in [-0.2, -0.15) is 0 Å². The Hall–Kier alpha value is -3.87. The summed E-state index contributed by atoms with van der Waals surface area (Å²) in [7, 11) is 1.65. The van der Waals surface area contributed by atoms with Gasteiger partial charge >= 0.3 is 0 Å². The molecule has 1 aliphatic heterocycles. The van der Waals surface area contributed by atoms with Crippen molar-refractivity contribution in [3.8, 4) is 28.6 Å². The maximum atomic E-state index is 11.2. The van der Waals surface area contributed by atoms with Crippen LogP contribution in [0.4, 0.5) is 0 Å². The van der Waals surface area contributed by atoms with Gasteiger partial charge < -0.3 is 14.4 Å². The first kappa shape index (κ1) is 19.1. The number of methoxy groups -OCH3 is 1. The quantitative estimate of drug-likeness (QED) is 0.444. The van der Waals surface area contributed by atoms with Crippen LogP contribution in [0.25, 0.3) is 16.8 Å². The predicted molar refractivity (Wildman–Crippen MR) is 116 cm³/mol. The van der Waals surface area contributed by atoms with Gasteiger partial charge in [-0.3, -0.25) is 9.20 Å². The molecule has 3 aromatic heterocycles. The Bertz CT molecular complexity index is 1220. The van der Waals surface area contributed by atoms with Crippen LogP contribution in [0, 0.1) is 0 Å². The number of pyridine rings is 1. The SMILES string of the molecule is COc1cc(Oc2ccccn2)ccc1-c1cc(C2CCN(C=O)C2)c2ccncn12. The molecule has 1 atom stereocenters. The molecule has 156 valence electrons. The third-order valence-electron chi connectivity index (χ3n) is 5.73. The van der Waals surface area contributed by atoms with Gasteiger partial charge in [-0.25, -0.2) is 9.97 Å². The van der Waals surface area contributed by atoms with Crippen LogP contribution in [0.2, 0.25) is 0 Å². The number of aromatic nitrogens is 3. The second kappa shape index (κ2) is 8.10. The Balaban J connectivity index is 1.55. The summed E-state index contributed by atoms with van der Waals surface area (Å²) in [6, 6.07) is 15.5. The van der Waals surface area contributed by atoms with Gasteiger partial charge in [-0.1, -0.05) is 6.07 Å². The largest absolute Gasteiger partial charge is 0.496 e. The molecule has 7 heteroatoms. The average Bonchev–Trinajstić information content (AvgIpc) is 3.44. The first-order chi connectivity index (χ1) is 15.3. The van der Waals surface area contributed by atoms with Crippen LogP contribution in [0.3, 0.4) is 0 Å². The fourth-order valence-electron chi connectivity index (χ4n) is 4.23. The van der Waals surface area contributed by atoms with E-state index in [1.807, 2.05) is 53.7 Å². The summed E-state index contributed by atoms with van der Waals surface area (Å²) in [6.07, 6.45) is 7.20. The smallest absolute Gasteiger partial charge is 0.219 e. The van der Waals surface area contributed by atoms with E-state index in [-0.39, 0.29) is 0 Å². The van der Waals surface area contributed by atoms with Crippen molar-refractivity contribution in [2.75, 3.05) is 20.2 Å². The number of rotatable bonds is 6. The molecule has 31 heavy (non-hydrogen) atoms. The summed E-state index contributed by atoms with van der Waals surface area (Å²) < 4.78 is 13.6. The molecule has 0 N–H and O–H groups in total. The second-order valence-corrected chi connectivity index (χ2v) is 7.54. The summed E-state index contributed by atoms with van der Waals surface area (Å²) in [6.45, 7) is 1.52. The zero-order valence-corrected chi connectivity index (χ0v) is 17.1. The molecule has 0 radical (unpaired) electrons. The van der Waals surface area contributed by atoms with Crippen LogP contribution >= 0.6 is 0 Å². The van der Waals surface area contributed by atoms with Crippen molar-refractivity contribution in [2.45, 2.75) is 12.3 Å². The number of benzene rings is 1. The maximum Gasteiger partial charge on any atom is 0.219 e. The van der Waals surface area contributed by atoms with Crippen molar-refractivity contribution in [3.05, 3.63) is 72.8 Å². The first-order valence-electron chi connectivity index (χ1n) is 10.2. The lowest BCUT2D eigenvalue weighted by atomic mass is 9.98.